The monoisotopic (exact) mass is 300 g/mol. The standard InChI is InChI=1S/C13H24N4O2S/c1-5-12-10-16(9-8-15(12)4)20(18,19)13-6-7-14-17(13)11(2)3/h6-7,11-12H,5,8-10H2,1-4H3. The normalized spacial score (nSPS) is 22.6. The van der Waals surface area contributed by atoms with Crippen molar-refractivity contribution in [1.82, 2.24) is 19.0 Å². The molecule has 2 rings (SSSR count). The van der Waals surface area contributed by atoms with E-state index in [9.17, 15) is 8.42 Å². The number of rotatable bonds is 4. The second kappa shape index (κ2) is 5.83. The van der Waals surface area contributed by atoms with Crippen molar-refractivity contribution in [2.45, 2.75) is 44.3 Å². The molecule has 1 unspecified atom stereocenters. The number of nitrogens with zero attached hydrogens (tertiary/aromatic N) is 4. The Labute approximate surface area is 121 Å². The minimum Gasteiger partial charge on any atom is -0.301 e. The number of hydrogen-bond acceptors (Lipinski definition) is 4. The molecule has 1 aromatic rings. The number of likely N-dealkylation sites (N-methyl/N-ethyl adjacent to an activating group) is 1. The molecule has 0 spiro atoms. The molecule has 7 heteroatoms. The van der Waals surface area contributed by atoms with E-state index in [1.54, 1.807) is 21.3 Å². The largest absolute Gasteiger partial charge is 0.301 e. The summed E-state index contributed by atoms with van der Waals surface area (Å²) in [7, 11) is -1.40. The summed E-state index contributed by atoms with van der Waals surface area (Å²) in [4.78, 5) is 2.23. The Morgan fingerprint density at radius 1 is 1.40 bits per heavy atom. The van der Waals surface area contributed by atoms with E-state index in [4.69, 9.17) is 0 Å². The molecule has 0 amide bonds. The number of aromatic nitrogens is 2. The zero-order valence-corrected chi connectivity index (χ0v) is 13.5. The summed E-state index contributed by atoms with van der Waals surface area (Å²) < 4.78 is 28.7. The van der Waals surface area contributed by atoms with Gasteiger partial charge in [-0.05, 0) is 33.4 Å². The van der Waals surface area contributed by atoms with Gasteiger partial charge in [0.25, 0.3) is 10.0 Å². The summed E-state index contributed by atoms with van der Waals surface area (Å²) in [6, 6.07) is 1.91. The van der Waals surface area contributed by atoms with Crippen LogP contribution in [-0.4, -0.2) is 60.1 Å². The lowest BCUT2D eigenvalue weighted by molar-refractivity contribution is 0.143. The van der Waals surface area contributed by atoms with Crippen molar-refractivity contribution >= 4 is 10.0 Å². The molecule has 20 heavy (non-hydrogen) atoms. The van der Waals surface area contributed by atoms with Gasteiger partial charge in [-0.1, -0.05) is 6.92 Å². The first-order chi connectivity index (χ1) is 9.37. The van der Waals surface area contributed by atoms with Crippen LogP contribution >= 0.6 is 0 Å². The molecular formula is C13H24N4O2S. The van der Waals surface area contributed by atoms with Crippen molar-refractivity contribution in [1.29, 1.82) is 0 Å². The Kier molecular flexibility index (Phi) is 4.51. The fraction of sp³-hybridized carbons (Fsp3) is 0.769. The lowest BCUT2D eigenvalue weighted by atomic mass is 10.1. The molecule has 0 radical (unpaired) electrons. The van der Waals surface area contributed by atoms with E-state index in [2.05, 4.69) is 24.0 Å². The molecule has 0 saturated carbocycles. The number of piperazine rings is 1. The number of sulfonamides is 1. The van der Waals surface area contributed by atoms with Crippen molar-refractivity contribution in [3.63, 3.8) is 0 Å². The Balaban J connectivity index is 2.29. The number of hydrogen-bond donors (Lipinski definition) is 0. The fourth-order valence-electron chi connectivity index (χ4n) is 2.60. The van der Waals surface area contributed by atoms with Crippen LogP contribution < -0.4 is 0 Å². The van der Waals surface area contributed by atoms with Crippen LogP contribution in [0.2, 0.25) is 0 Å². The molecule has 1 aliphatic rings. The second-order valence-corrected chi connectivity index (χ2v) is 7.50. The van der Waals surface area contributed by atoms with Crippen LogP contribution in [0, 0.1) is 0 Å². The molecule has 1 fully saturated rings. The highest BCUT2D eigenvalue weighted by Gasteiger charge is 2.34. The minimum absolute atomic E-state index is 0.0317. The highest BCUT2D eigenvalue weighted by atomic mass is 32.2. The maximum atomic E-state index is 12.8. The maximum Gasteiger partial charge on any atom is 0.260 e. The molecule has 1 aromatic heterocycles. The summed E-state index contributed by atoms with van der Waals surface area (Å²) in [5.41, 5.74) is 0. The van der Waals surface area contributed by atoms with E-state index in [0.29, 0.717) is 18.1 Å². The first kappa shape index (κ1) is 15.5. The quantitative estimate of drug-likeness (QED) is 0.838. The first-order valence-corrected chi connectivity index (χ1v) is 8.55. The zero-order valence-electron chi connectivity index (χ0n) is 12.7. The van der Waals surface area contributed by atoms with Crippen molar-refractivity contribution in [2.24, 2.45) is 0 Å². The Hall–Kier alpha value is -0.920. The van der Waals surface area contributed by atoms with Gasteiger partial charge in [0.1, 0.15) is 0 Å². The van der Waals surface area contributed by atoms with E-state index in [0.717, 1.165) is 13.0 Å². The zero-order chi connectivity index (χ0) is 14.9. The third-order valence-corrected chi connectivity index (χ3v) is 5.80. The summed E-state index contributed by atoms with van der Waals surface area (Å²) in [5, 5.41) is 4.43. The molecule has 0 bridgehead atoms. The molecular weight excluding hydrogens is 276 g/mol. The second-order valence-electron chi connectivity index (χ2n) is 5.61. The average Bonchev–Trinajstić information content (AvgIpc) is 2.89. The van der Waals surface area contributed by atoms with Gasteiger partial charge < -0.3 is 4.90 Å². The molecule has 1 atom stereocenters. The highest BCUT2D eigenvalue weighted by Crippen LogP contribution is 2.22. The third kappa shape index (κ3) is 2.75. The van der Waals surface area contributed by atoms with Crippen LogP contribution in [0.1, 0.15) is 33.2 Å². The molecule has 0 N–H and O–H groups in total. The lowest BCUT2D eigenvalue weighted by Crippen LogP contribution is -2.53. The Morgan fingerprint density at radius 3 is 2.70 bits per heavy atom. The molecule has 1 saturated heterocycles. The molecule has 0 aliphatic carbocycles. The summed E-state index contributed by atoms with van der Waals surface area (Å²) >= 11 is 0. The third-order valence-electron chi connectivity index (χ3n) is 3.94. The molecule has 6 nitrogen and oxygen atoms in total. The van der Waals surface area contributed by atoms with Crippen LogP contribution in [0.3, 0.4) is 0 Å². The van der Waals surface area contributed by atoms with Gasteiger partial charge in [0.05, 0.1) is 6.20 Å². The lowest BCUT2D eigenvalue weighted by Gasteiger charge is -2.38. The van der Waals surface area contributed by atoms with Crippen LogP contribution in [0.5, 0.6) is 0 Å². The first-order valence-electron chi connectivity index (χ1n) is 7.11. The summed E-state index contributed by atoms with van der Waals surface area (Å²) in [6.45, 7) is 7.83. The van der Waals surface area contributed by atoms with Gasteiger partial charge in [-0.15, -0.1) is 0 Å². The topological polar surface area (TPSA) is 58.4 Å². The summed E-state index contributed by atoms with van der Waals surface area (Å²) in [6.07, 6.45) is 2.51. The van der Waals surface area contributed by atoms with Crippen LogP contribution in [-0.2, 0) is 10.0 Å². The smallest absolute Gasteiger partial charge is 0.260 e. The SMILES string of the molecule is CCC1CN(S(=O)(=O)c2ccnn2C(C)C)CCN1C. The Morgan fingerprint density at radius 2 is 2.10 bits per heavy atom. The fourth-order valence-corrected chi connectivity index (χ4v) is 4.29. The molecule has 114 valence electrons. The maximum absolute atomic E-state index is 12.8. The van der Waals surface area contributed by atoms with Crippen molar-refractivity contribution in [3.8, 4) is 0 Å². The molecule has 0 aromatic carbocycles. The van der Waals surface area contributed by atoms with Crippen molar-refractivity contribution in [3.05, 3.63) is 12.3 Å². The minimum atomic E-state index is -3.45. The molecule has 1 aliphatic heterocycles. The van der Waals surface area contributed by atoms with E-state index < -0.39 is 10.0 Å². The van der Waals surface area contributed by atoms with Crippen molar-refractivity contribution < 1.29 is 8.42 Å². The van der Waals surface area contributed by atoms with Crippen molar-refractivity contribution in [2.75, 3.05) is 26.7 Å². The van der Waals surface area contributed by atoms with E-state index in [-0.39, 0.29) is 12.1 Å². The van der Waals surface area contributed by atoms with Crippen LogP contribution in [0.15, 0.2) is 17.3 Å². The van der Waals surface area contributed by atoms with E-state index >= 15 is 0 Å². The van der Waals surface area contributed by atoms with Gasteiger partial charge in [-0.3, -0.25) is 4.68 Å². The highest BCUT2D eigenvalue weighted by molar-refractivity contribution is 7.89. The Bertz CT molecular complexity index is 552. The predicted molar refractivity (Wildman–Crippen MR) is 78.1 cm³/mol. The summed E-state index contributed by atoms with van der Waals surface area (Å²) in [5.74, 6) is 0. The van der Waals surface area contributed by atoms with Gasteiger partial charge >= 0.3 is 0 Å². The van der Waals surface area contributed by atoms with E-state index in [1.807, 2.05) is 13.8 Å². The van der Waals surface area contributed by atoms with Gasteiger partial charge in [0.15, 0.2) is 5.03 Å². The predicted octanol–water partition coefficient (Wildman–Crippen LogP) is 1.18. The molecule has 2 heterocycles. The van der Waals surface area contributed by atoms with Gasteiger partial charge in [-0.25, -0.2) is 8.42 Å². The van der Waals surface area contributed by atoms with E-state index in [1.165, 1.54) is 0 Å². The van der Waals surface area contributed by atoms with Gasteiger partial charge in [-0.2, -0.15) is 9.40 Å². The van der Waals surface area contributed by atoms with Gasteiger partial charge in [0.2, 0.25) is 0 Å². The van der Waals surface area contributed by atoms with Crippen LogP contribution in [0.25, 0.3) is 0 Å². The average molecular weight is 300 g/mol. The van der Waals surface area contributed by atoms with Gasteiger partial charge in [0, 0.05) is 31.7 Å². The van der Waals surface area contributed by atoms with Crippen LogP contribution in [0.4, 0.5) is 0 Å².